The first kappa shape index (κ1) is 22.6. The van der Waals surface area contributed by atoms with Crippen LogP contribution in [0.25, 0.3) is 0 Å². The standard InChI is InChI=1S/C18H32N2O2S4/c21-17(7-3-1-5-15-9-13-23-25-15)19-11-12-20-18(22)8-4-2-6-16-10-14-24-26-16/h15-16H,1-14H2,(H,19,21)(H,20,22). The molecule has 0 spiro atoms. The van der Waals surface area contributed by atoms with Gasteiger partial charge in [-0.3, -0.25) is 9.59 Å². The largest absolute Gasteiger partial charge is 0.354 e. The van der Waals surface area contributed by atoms with E-state index in [4.69, 9.17) is 0 Å². The van der Waals surface area contributed by atoms with E-state index in [9.17, 15) is 9.59 Å². The van der Waals surface area contributed by atoms with Crippen LogP contribution < -0.4 is 10.6 Å². The highest BCUT2D eigenvalue weighted by molar-refractivity contribution is 8.77. The van der Waals surface area contributed by atoms with E-state index in [2.05, 4.69) is 10.6 Å². The van der Waals surface area contributed by atoms with E-state index in [0.717, 1.165) is 36.2 Å². The van der Waals surface area contributed by atoms with Crippen LogP contribution in [0.3, 0.4) is 0 Å². The molecule has 0 aromatic carbocycles. The van der Waals surface area contributed by atoms with Crippen molar-refractivity contribution in [3.63, 3.8) is 0 Å². The van der Waals surface area contributed by atoms with Crippen molar-refractivity contribution in [1.82, 2.24) is 10.6 Å². The average Bonchev–Trinajstić information content (AvgIpc) is 3.33. The third-order valence-corrected chi connectivity index (χ3v) is 10.6. The Balaban J connectivity index is 1.34. The van der Waals surface area contributed by atoms with Gasteiger partial charge in [0.05, 0.1) is 0 Å². The summed E-state index contributed by atoms with van der Waals surface area (Å²) in [7, 11) is 7.97. The summed E-state index contributed by atoms with van der Waals surface area (Å²) in [5.41, 5.74) is 0. The molecule has 0 bridgehead atoms. The number of unbranched alkanes of at least 4 members (excludes halogenated alkanes) is 2. The second-order valence-electron chi connectivity index (χ2n) is 6.85. The number of amides is 2. The molecule has 2 heterocycles. The SMILES string of the molecule is O=C(CCCCC1CCSS1)NCCNC(=O)CCCCC1CCSS1. The zero-order valence-electron chi connectivity index (χ0n) is 15.5. The second-order valence-corrected chi connectivity index (χ2v) is 12.4. The number of rotatable bonds is 13. The predicted molar refractivity (Wildman–Crippen MR) is 120 cm³/mol. The molecule has 2 atom stereocenters. The van der Waals surface area contributed by atoms with E-state index in [-0.39, 0.29) is 11.8 Å². The number of nitrogens with one attached hydrogen (secondary N) is 2. The van der Waals surface area contributed by atoms with Crippen molar-refractivity contribution in [1.29, 1.82) is 0 Å². The highest BCUT2D eigenvalue weighted by atomic mass is 33.1. The van der Waals surface area contributed by atoms with Gasteiger partial charge in [0.2, 0.25) is 11.8 Å². The van der Waals surface area contributed by atoms with Crippen molar-refractivity contribution >= 4 is 55.0 Å². The highest BCUT2D eigenvalue weighted by Gasteiger charge is 2.16. The van der Waals surface area contributed by atoms with Crippen molar-refractivity contribution < 1.29 is 9.59 Å². The van der Waals surface area contributed by atoms with Gasteiger partial charge in [-0.15, -0.1) is 0 Å². The van der Waals surface area contributed by atoms with Crippen LogP contribution in [0.1, 0.15) is 64.2 Å². The van der Waals surface area contributed by atoms with Crippen LogP contribution in [-0.2, 0) is 9.59 Å². The highest BCUT2D eigenvalue weighted by Crippen LogP contribution is 2.40. The minimum absolute atomic E-state index is 0.111. The van der Waals surface area contributed by atoms with E-state index >= 15 is 0 Å². The van der Waals surface area contributed by atoms with Gasteiger partial charge in [-0.2, -0.15) is 0 Å². The summed E-state index contributed by atoms with van der Waals surface area (Å²) in [6.07, 6.45) is 10.5. The predicted octanol–water partition coefficient (Wildman–Crippen LogP) is 4.65. The molecule has 4 nitrogen and oxygen atoms in total. The van der Waals surface area contributed by atoms with Crippen molar-refractivity contribution in [2.24, 2.45) is 0 Å². The summed E-state index contributed by atoms with van der Waals surface area (Å²) < 4.78 is 0. The molecule has 2 amide bonds. The van der Waals surface area contributed by atoms with E-state index in [1.165, 1.54) is 37.2 Å². The molecule has 2 saturated heterocycles. The first-order chi connectivity index (χ1) is 12.7. The summed E-state index contributed by atoms with van der Waals surface area (Å²) in [6.45, 7) is 1.07. The normalized spacial score (nSPS) is 22.5. The van der Waals surface area contributed by atoms with E-state index in [1.54, 1.807) is 0 Å². The van der Waals surface area contributed by atoms with E-state index < -0.39 is 0 Å². The molecule has 0 aromatic heterocycles. The summed E-state index contributed by atoms with van der Waals surface area (Å²) in [5.74, 6) is 2.78. The van der Waals surface area contributed by atoms with E-state index in [1.807, 2.05) is 43.2 Å². The van der Waals surface area contributed by atoms with Gasteiger partial charge in [0.1, 0.15) is 0 Å². The van der Waals surface area contributed by atoms with Gasteiger partial charge in [0.25, 0.3) is 0 Å². The van der Waals surface area contributed by atoms with Gasteiger partial charge in [0.15, 0.2) is 0 Å². The summed E-state index contributed by atoms with van der Waals surface area (Å²) in [6, 6.07) is 0. The Morgan fingerprint density at radius 1 is 0.731 bits per heavy atom. The third kappa shape index (κ3) is 10.6. The van der Waals surface area contributed by atoms with Crippen LogP contribution >= 0.6 is 43.2 Å². The maximum absolute atomic E-state index is 11.8. The van der Waals surface area contributed by atoms with Crippen LogP contribution in [-0.4, -0.2) is 46.9 Å². The zero-order chi connectivity index (χ0) is 18.5. The molecule has 2 N–H and O–H groups in total. The molecule has 150 valence electrons. The van der Waals surface area contributed by atoms with Crippen LogP contribution in [0, 0.1) is 0 Å². The lowest BCUT2D eigenvalue weighted by atomic mass is 10.1. The quantitative estimate of drug-likeness (QED) is 0.324. The molecule has 8 heteroatoms. The first-order valence-electron chi connectivity index (χ1n) is 9.84. The second kappa shape index (κ2) is 14.4. The fourth-order valence-electron chi connectivity index (χ4n) is 3.02. The molecule has 2 unspecified atom stereocenters. The molecule has 0 saturated carbocycles. The molecular weight excluding hydrogens is 404 g/mol. The Kier molecular flexibility index (Phi) is 12.5. The van der Waals surface area contributed by atoms with Gasteiger partial charge in [-0.1, -0.05) is 56.0 Å². The Morgan fingerprint density at radius 3 is 1.58 bits per heavy atom. The van der Waals surface area contributed by atoms with Gasteiger partial charge >= 0.3 is 0 Å². The molecule has 2 rings (SSSR count). The Bertz CT molecular complexity index is 376. The number of carbonyl (C=O) groups is 2. The minimum Gasteiger partial charge on any atom is -0.354 e. The lowest BCUT2D eigenvalue weighted by Crippen LogP contribution is -2.34. The first-order valence-corrected chi connectivity index (χ1v) is 14.6. The summed E-state index contributed by atoms with van der Waals surface area (Å²) >= 11 is 0. The molecule has 26 heavy (non-hydrogen) atoms. The number of hydrogen-bond acceptors (Lipinski definition) is 6. The molecular formula is C18H32N2O2S4. The van der Waals surface area contributed by atoms with Crippen LogP contribution in [0.4, 0.5) is 0 Å². The Hall–Kier alpha value is 0.340. The smallest absolute Gasteiger partial charge is 0.220 e. The van der Waals surface area contributed by atoms with Crippen molar-refractivity contribution in [2.75, 3.05) is 24.6 Å². The molecule has 2 fully saturated rings. The lowest BCUT2D eigenvalue weighted by molar-refractivity contribution is -0.123. The van der Waals surface area contributed by atoms with Crippen molar-refractivity contribution in [3.8, 4) is 0 Å². The fourth-order valence-corrected chi connectivity index (χ4v) is 9.08. The van der Waals surface area contributed by atoms with Crippen LogP contribution in [0.15, 0.2) is 0 Å². The maximum atomic E-state index is 11.8. The van der Waals surface area contributed by atoms with Crippen molar-refractivity contribution in [2.45, 2.75) is 74.7 Å². The lowest BCUT2D eigenvalue weighted by Gasteiger charge is -2.09. The van der Waals surface area contributed by atoms with Crippen LogP contribution in [0.5, 0.6) is 0 Å². The summed E-state index contributed by atoms with van der Waals surface area (Å²) in [4.78, 5) is 23.6. The molecule has 2 aliphatic heterocycles. The molecule has 0 aliphatic carbocycles. The van der Waals surface area contributed by atoms with Gasteiger partial charge in [0, 0.05) is 47.9 Å². The molecule has 0 aromatic rings. The topological polar surface area (TPSA) is 58.2 Å². The van der Waals surface area contributed by atoms with Gasteiger partial charge < -0.3 is 10.6 Å². The Labute approximate surface area is 174 Å². The Morgan fingerprint density at radius 2 is 1.19 bits per heavy atom. The third-order valence-electron chi connectivity index (χ3n) is 4.58. The van der Waals surface area contributed by atoms with Gasteiger partial charge in [-0.05, 0) is 38.5 Å². The molecule has 2 aliphatic rings. The summed E-state index contributed by atoms with van der Waals surface area (Å²) in [5, 5.41) is 7.41. The zero-order valence-corrected chi connectivity index (χ0v) is 18.8. The van der Waals surface area contributed by atoms with Crippen LogP contribution in [0.2, 0.25) is 0 Å². The monoisotopic (exact) mass is 436 g/mol. The molecule has 0 radical (unpaired) electrons. The van der Waals surface area contributed by atoms with Gasteiger partial charge in [-0.25, -0.2) is 0 Å². The minimum atomic E-state index is 0.111. The van der Waals surface area contributed by atoms with Crippen molar-refractivity contribution in [3.05, 3.63) is 0 Å². The average molecular weight is 437 g/mol. The number of hydrogen-bond donors (Lipinski definition) is 2. The van der Waals surface area contributed by atoms with E-state index in [0.29, 0.717) is 25.9 Å². The maximum Gasteiger partial charge on any atom is 0.220 e. The fraction of sp³-hybridized carbons (Fsp3) is 0.889. The number of carbonyl (C=O) groups excluding carboxylic acids is 2.